The highest BCUT2D eigenvalue weighted by Crippen LogP contribution is 2.34. The van der Waals surface area contributed by atoms with Crippen molar-refractivity contribution in [3.63, 3.8) is 0 Å². The molecule has 1 atom stereocenters. The van der Waals surface area contributed by atoms with Crippen LogP contribution >= 0.6 is 0 Å². The Bertz CT molecular complexity index is 905. The van der Waals surface area contributed by atoms with Crippen LogP contribution in [-0.4, -0.2) is 47.0 Å². The molecule has 0 unspecified atom stereocenters. The van der Waals surface area contributed by atoms with Gasteiger partial charge in [-0.05, 0) is 50.9 Å². The summed E-state index contributed by atoms with van der Waals surface area (Å²) in [5, 5.41) is 0. The molecule has 0 spiro atoms. The van der Waals surface area contributed by atoms with Crippen LogP contribution in [0.25, 0.3) is 11.4 Å². The van der Waals surface area contributed by atoms with Crippen molar-refractivity contribution in [3.05, 3.63) is 41.6 Å². The number of anilines is 1. The molecule has 1 aromatic heterocycles. The molecular weight excluding hydrogens is 372 g/mol. The van der Waals surface area contributed by atoms with Gasteiger partial charge >= 0.3 is 0 Å². The summed E-state index contributed by atoms with van der Waals surface area (Å²) < 4.78 is 0. The molecule has 1 aliphatic carbocycles. The summed E-state index contributed by atoms with van der Waals surface area (Å²) in [6.07, 6.45) is 7.56. The third kappa shape index (κ3) is 3.82. The Morgan fingerprint density at radius 2 is 1.77 bits per heavy atom. The summed E-state index contributed by atoms with van der Waals surface area (Å²) >= 11 is 0. The fourth-order valence-electron chi connectivity index (χ4n) is 5.38. The Kier molecular flexibility index (Phi) is 5.45. The van der Waals surface area contributed by atoms with Crippen molar-refractivity contribution >= 4 is 11.7 Å². The lowest BCUT2D eigenvalue weighted by Crippen LogP contribution is -2.46. The third-order valence-electron chi connectivity index (χ3n) is 7.06. The van der Waals surface area contributed by atoms with Crippen LogP contribution in [0.15, 0.2) is 30.3 Å². The van der Waals surface area contributed by atoms with Crippen molar-refractivity contribution in [2.45, 2.75) is 51.9 Å². The average Bonchev–Trinajstić information content (AvgIpc) is 3.27. The lowest BCUT2D eigenvalue weighted by molar-refractivity contribution is -0.137. The molecule has 0 bridgehead atoms. The Morgan fingerprint density at radius 3 is 2.53 bits per heavy atom. The number of hydrogen-bond donors (Lipinski definition) is 0. The second-order valence-electron chi connectivity index (χ2n) is 9.31. The van der Waals surface area contributed by atoms with E-state index in [4.69, 9.17) is 9.97 Å². The number of fused-ring (bicyclic) bond motifs is 1. The molecule has 0 N–H and O–H groups in total. The van der Waals surface area contributed by atoms with Gasteiger partial charge in [0.15, 0.2) is 5.82 Å². The number of aromatic nitrogens is 2. The summed E-state index contributed by atoms with van der Waals surface area (Å²) in [5.74, 6) is 3.16. The SMILES string of the molecule is C[C@@H]1CCCN(C(=O)C2CCN(c3nc(-c4ccccc4)nc4c3CCC4)CC2)C1. The van der Waals surface area contributed by atoms with E-state index in [-0.39, 0.29) is 5.92 Å². The maximum absolute atomic E-state index is 13.1. The maximum atomic E-state index is 13.1. The minimum absolute atomic E-state index is 0.176. The quantitative estimate of drug-likeness (QED) is 0.773. The molecule has 2 aromatic rings. The van der Waals surface area contributed by atoms with Gasteiger partial charge in [0.2, 0.25) is 5.91 Å². The molecule has 1 amide bonds. The van der Waals surface area contributed by atoms with E-state index in [0.717, 1.165) is 81.9 Å². The molecule has 2 fully saturated rings. The van der Waals surface area contributed by atoms with Crippen molar-refractivity contribution in [2.24, 2.45) is 11.8 Å². The Labute approximate surface area is 179 Å². The van der Waals surface area contributed by atoms with Crippen molar-refractivity contribution in [1.29, 1.82) is 0 Å². The lowest BCUT2D eigenvalue weighted by Gasteiger charge is -2.38. The molecule has 5 rings (SSSR count). The van der Waals surface area contributed by atoms with Crippen molar-refractivity contribution in [1.82, 2.24) is 14.9 Å². The molecule has 3 aliphatic rings. The highest BCUT2D eigenvalue weighted by atomic mass is 16.2. The Hall–Kier alpha value is -2.43. The highest BCUT2D eigenvalue weighted by molar-refractivity contribution is 5.79. The van der Waals surface area contributed by atoms with Crippen molar-refractivity contribution in [3.8, 4) is 11.4 Å². The van der Waals surface area contributed by atoms with Crippen LogP contribution in [0, 0.1) is 11.8 Å². The number of nitrogens with zero attached hydrogens (tertiary/aromatic N) is 4. The summed E-state index contributed by atoms with van der Waals surface area (Å²) in [7, 11) is 0. The first-order valence-corrected chi connectivity index (χ1v) is 11.7. The van der Waals surface area contributed by atoms with Gasteiger partial charge < -0.3 is 9.80 Å². The van der Waals surface area contributed by atoms with E-state index < -0.39 is 0 Å². The number of carbonyl (C=O) groups excluding carboxylic acids is 1. The van der Waals surface area contributed by atoms with Gasteiger partial charge in [0, 0.05) is 48.9 Å². The van der Waals surface area contributed by atoms with E-state index in [2.05, 4.69) is 28.9 Å². The zero-order chi connectivity index (χ0) is 20.5. The minimum atomic E-state index is 0.176. The molecule has 0 radical (unpaired) electrons. The van der Waals surface area contributed by atoms with Gasteiger partial charge in [0.1, 0.15) is 5.82 Å². The Morgan fingerprint density at radius 1 is 0.967 bits per heavy atom. The number of rotatable bonds is 3. The summed E-state index contributed by atoms with van der Waals surface area (Å²) in [6.45, 7) is 5.99. The molecule has 3 heterocycles. The first-order chi connectivity index (χ1) is 14.7. The van der Waals surface area contributed by atoms with Crippen LogP contribution < -0.4 is 4.90 Å². The van der Waals surface area contributed by atoms with Crippen LogP contribution in [0.2, 0.25) is 0 Å². The maximum Gasteiger partial charge on any atom is 0.225 e. The summed E-state index contributed by atoms with van der Waals surface area (Å²) in [6, 6.07) is 10.3. The molecule has 1 aromatic carbocycles. The second-order valence-corrected chi connectivity index (χ2v) is 9.31. The molecule has 30 heavy (non-hydrogen) atoms. The zero-order valence-corrected chi connectivity index (χ0v) is 18.0. The van der Waals surface area contributed by atoms with E-state index in [9.17, 15) is 4.79 Å². The third-order valence-corrected chi connectivity index (χ3v) is 7.06. The predicted molar refractivity (Wildman–Crippen MR) is 119 cm³/mol. The standard InChI is InChI=1S/C25H32N4O/c1-18-7-6-14-29(17-18)25(30)20-12-15-28(16-13-20)24-21-10-5-11-22(21)26-23(27-24)19-8-3-2-4-9-19/h2-4,8-9,18,20H,5-7,10-17H2,1H3/t18-/m1/s1. The Balaban J connectivity index is 1.32. The predicted octanol–water partition coefficient (Wildman–Crippen LogP) is 4.11. The summed E-state index contributed by atoms with van der Waals surface area (Å²) in [5.41, 5.74) is 3.64. The number of hydrogen-bond acceptors (Lipinski definition) is 4. The van der Waals surface area contributed by atoms with Crippen molar-refractivity contribution in [2.75, 3.05) is 31.1 Å². The smallest absolute Gasteiger partial charge is 0.225 e. The zero-order valence-electron chi connectivity index (χ0n) is 18.0. The van der Waals surface area contributed by atoms with Gasteiger partial charge in [-0.2, -0.15) is 0 Å². The highest BCUT2D eigenvalue weighted by Gasteiger charge is 2.32. The van der Waals surface area contributed by atoms with E-state index in [1.165, 1.54) is 17.7 Å². The van der Waals surface area contributed by atoms with Crippen LogP contribution in [0.1, 0.15) is 50.3 Å². The summed E-state index contributed by atoms with van der Waals surface area (Å²) in [4.78, 5) is 27.5. The van der Waals surface area contributed by atoms with Gasteiger partial charge in [-0.25, -0.2) is 9.97 Å². The first-order valence-electron chi connectivity index (χ1n) is 11.7. The van der Waals surface area contributed by atoms with Gasteiger partial charge in [-0.3, -0.25) is 4.79 Å². The average molecular weight is 405 g/mol. The van der Waals surface area contributed by atoms with Gasteiger partial charge in [-0.15, -0.1) is 0 Å². The second kappa shape index (κ2) is 8.37. The number of likely N-dealkylation sites (tertiary alicyclic amines) is 1. The largest absolute Gasteiger partial charge is 0.356 e. The normalized spacial score (nSPS) is 22.2. The number of benzene rings is 1. The van der Waals surface area contributed by atoms with E-state index in [1.807, 2.05) is 18.2 Å². The molecule has 0 saturated carbocycles. The minimum Gasteiger partial charge on any atom is -0.356 e. The number of aryl methyl sites for hydroxylation is 1. The van der Waals surface area contributed by atoms with Gasteiger partial charge in [0.25, 0.3) is 0 Å². The van der Waals surface area contributed by atoms with Crippen LogP contribution in [-0.2, 0) is 17.6 Å². The van der Waals surface area contributed by atoms with Crippen LogP contribution in [0.4, 0.5) is 5.82 Å². The van der Waals surface area contributed by atoms with Gasteiger partial charge in [-0.1, -0.05) is 37.3 Å². The fraction of sp³-hybridized carbons (Fsp3) is 0.560. The topological polar surface area (TPSA) is 49.3 Å². The molecule has 2 aliphatic heterocycles. The molecule has 2 saturated heterocycles. The fourth-order valence-corrected chi connectivity index (χ4v) is 5.38. The monoisotopic (exact) mass is 404 g/mol. The van der Waals surface area contributed by atoms with E-state index >= 15 is 0 Å². The first kappa shape index (κ1) is 19.5. The molecule has 158 valence electrons. The number of piperidine rings is 2. The van der Waals surface area contributed by atoms with E-state index in [0.29, 0.717) is 11.8 Å². The lowest BCUT2D eigenvalue weighted by atomic mass is 9.92. The van der Waals surface area contributed by atoms with Crippen LogP contribution in [0.3, 0.4) is 0 Å². The van der Waals surface area contributed by atoms with E-state index in [1.54, 1.807) is 0 Å². The number of carbonyl (C=O) groups is 1. The van der Waals surface area contributed by atoms with Gasteiger partial charge in [0.05, 0.1) is 0 Å². The molecular formula is C25H32N4O. The molecule has 5 heteroatoms. The number of amides is 1. The van der Waals surface area contributed by atoms with Crippen molar-refractivity contribution < 1.29 is 4.79 Å². The molecule has 5 nitrogen and oxygen atoms in total. The van der Waals surface area contributed by atoms with Crippen LogP contribution in [0.5, 0.6) is 0 Å².